The summed E-state index contributed by atoms with van der Waals surface area (Å²) < 4.78 is 28.1. The van der Waals surface area contributed by atoms with E-state index in [1.165, 1.54) is 12.1 Å². The van der Waals surface area contributed by atoms with Gasteiger partial charge in [-0.25, -0.2) is 8.78 Å². The summed E-state index contributed by atoms with van der Waals surface area (Å²) in [6, 6.07) is 5.67. The van der Waals surface area contributed by atoms with Crippen LogP contribution in [0.5, 0.6) is 0 Å². The van der Waals surface area contributed by atoms with E-state index in [2.05, 4.69) is 5.32 Å². The molecule has 0 amide bonds. The Morgan fingerprint density at radius 3 is 2.78 bits per heavy atom. The Balaban J connectivity index is 2.06. The standard InChI is InChI=1S/C14H16F2N2/c1-2-17-8-11-5-6-18(9-11)10-12-3-4-13(15)7-14(12)16/h3-7,9,17H,2,8,10H2,1H3. The summed E-state index contributed by atoms with van der Waals surface area (Å²) in [6.07, 6.45) is 3.86. The Labute approximate surface area is 105 Å². The van der Waals surface area contributed by atoms with Crippen molar-refractivity contribution in [2.24, 2.45) is 0 Å². The third kappa shape index (κ3) is 3.17. The van der Waals surface area contributed by atoms with Gasteiger partial charge in [-0.3, -0.25) is 0 Å². The highest BCUT2D eigenvalue weighted by Crippen LogP contribution is 2.12. The topological polar surface area (TPSA) is 17.0 Å². The molecule has 2 aromatic rings. The van der Waals surface area contributed by atoms with E-state index >= 15 is 0 Å². The van der Waals surface area contributed by atoms with Crippen molar-refractivity contribution in [3.8, 4) is 0 Å². The zero-order chi connectivity index (χ0) is 13.0. The van der Waals surface area contributed by atoms with Gasteiger partial charge in [0.2, 0.25) is 0 Å². The van der Waals surface area contributed by atoms with E-state index in [4.69, 9.17) is 0 Å². The molecule has 0 saturated carbocycles. The first-order chi connectivity index (χ1) is 8.69. The lowest BCUT2D eigenvalue weighted by molar-refractivity contribution is 0.566. The molecule has 96 valence electrons. The molecular weight excluding hydrogens is 234 g/mol. The van der Waals surface area contributed by atoms with Crippen LogP contribution in [-0.4, -0.2) is 11.1 Å². The zero-order valence-corrected chi connectivity index (χ0v) is 10.3. The molecule has 0 aliphatic heterocycles. The van der Waals surface area contributed by atoms with Gasteiger partial charge in [0.1, 0.15) is 11.6 Å². The summed E-state index contributed by atoms with van der Waals surface area (Å²) in [5.41, 5.74) is 1.64. The first-order valence-electron chi connectivity index (χ1n) is 5.98. The smallest absolute Gasteiger partial charge is 0.131 e. The van der Waals surface area contributed by atoms with Crippen LogP contribution in [-0.2, 0) is 13.1 Å². The van der Waals surface area contributed by atoms with Crippen molar-refractivity contribution in [1.82, 2.24) is 9.88 Å². The fourth-order valence-electron chi connectivity index (χ4n) is 1.81. The number of aromatic nitrogens is 1. The first-order valence-corrected chi connectivity index (χ1v) is 5.98. The van der Waals surface area contributed by atoms with Gasteiger partial charge in [0.05, 0.1) is 0 Å². The number of benzene rings is 1. The van der Waals surface area contributed by atoms with Gasteiger partial charge >= 0.3 is 0 Å². The van der Waals surface area contributed by atoms with Crippen LogP contribution < -0.4 is 5.32 Å². The minimum atomic E-state index is -0.545. The highest BCUT2D eigenvalue weighted by atomic mass is 19.1. The summed E-state index contributed by atoms with van der Waals surface area (Å²) >= 11 is 0. The monoisotopic (exact) mass is 250 g/mol. The number of hydrogen-bond acceptors (Lipinski definition) is 1. The van der Waals surface area contributed by atoms with Crippen LogP contribution in [0.2, 0.25) is 0 Å². The maximum Gasteiger partial charge on any atom is 0.131 e. The molecule has 18 heavy (non-hydrogen) atoms. The summed E-state index contributed by atoms with van der Waals surface area (Å²) in [5.74, 6) is -1.05. The lowest BCUT2D eigenvalue weighted by Gasteiger charge is -2.05. The Hall–Kier alpha value is -1.68. The van der Waals surface area contributed by atoms with Crippen molar-refractivity contribution in [3.05, 3.63) is 59.4 Å². The number of nitrogens with one attached hydrogen (secondary N) is 1. The maximum absolute atomic E-state index is 13.5. The molecule has 0 aliphatic carbocycles. The molecule has 0 aliphatic rings. The fourth-order valence-corrected chi connectivity index (χ4v) is 1.81. The van der Waals surface area contributed by atoms with Gasteiger partial charge in [-0.2, -0.15) is 0 Å². The fraction of sp³-hybridized carbons (Fsp3) is 0.286. The molecule has 1 heterocycles. The van der Waals surface area contributed by atoms with Gasteiger partial charge in [0.15, 0.2) is 0 Å². The van der Waals surface area contributed by atoms with E-state index in [9.17, 15) is 8.78 Å². The van der Waals surface area contributed by atoms with Gasteiger partial charge in [0, 0.05) is 37.1 Å². The summed E-state index contributed by atoms with van der Waals surface area (Å²) in [5, 5.41) is 3.22. The van der Waals surface area contributed by atoms with Crippen LogP contribution >= 0.6 is 0 Å². The largest absolute Gasteiger partial charge is 0.349 e. The Bertz CT molecular complexity index is 520. The molecule has 0 fully saturated rings. The molecule has 0 saturated heterocycles. The molecule has 0 spiro atoms. The predicted molar refractivity (Wildman–Crippen MR) is 67.3 cm³/mol. The molecule has 0 bridgehead atoms. The van der Waals surface area contributed by atoms with Crippen molar-refractivity contribution < 1.29 is 8.78 Å². The normalized spacial score (nSPS) is 10.8. The summed E-state index contributed by atoms with van der Waals surface area (Å²) in [4.78, 5) is 0. The number of halogens is 2. The van der Waals surface area contributed by atoms with E-state index in [0.29, 0.717) is 12.1 Å². The van der Waals surface area contributed by atoms with Crippen LogP contribution in [0.1, 0.15) is 18.1 Å². The van der Waals surface area contributed by atoms with Gasteiger partial charge < -0.3 is 9.88 Å². The minimum absolute atomic E-state index is 0.415. The molecule has 0 radical (unpaired) electrons. The van der Waals surface area contributed by atoms with Crippen LogP contribution in [0.25, 0.3) is 0 Å². The lowest BCUT2D eigenvalue weighted by Crippen LogP contribution is -2.11. The third-order valence-electron chi connectivity index (χ3n) is 2.76. The van der Waals surface area contributed by atoms with Crippen molar-refractivity contribution in [3.63, 3.8) is 0 Å². The van der Waals surface area contributed by atoms with E-state index in [1.807, 2.05) is 30.0 Å². The zero-order valence-electron chi connectivity index (χ0n) is 10.3. The molecular formula is C14H16F2N2. The van der Waals surface area contributed by atoms with Crippen LogP contribution in [0.3, 0.4) is 0 Å². The third-order valence-corrected chi connectivity index (χ3v) is 2.76. The van der Waals surface area contributed by atoms with E-state index < -0.39 is 11.6 Å². The minimum Gasteiger partial charge on any atom is -0.349 e. The van der Waals surface area contributed by atoms with Crippen molar-refractivity contribution in [2.45, 2.75) is 20.0 Å². The van der Waals surface area contributed by atoms with Crippen LogP contribution in [0.4, 0.5) is 8.78 Å². The van der Waals surface area contributed by atoms with Crippen molar-refractivity contribution >= 4 is 0 Å². The molecule has 0 atom stereocenters. The number of rotatable bonds is 5. The van der Waals surface area contributed by atoms with E-state index in [0.717, 1.165) is 24.7 Å². The van der Waals surface area contributed by atoms with Crippen LogP contribution in [0, 0.1) is 11.6 Å². The quantitative estimate of drug-likeness (QED) is 0.863. The number of hydrogen-bond donors (Lipinski definition) is 1. The second kappa shape index (κ2) is 5.78. The number of nitrogens with zero attached hydrogens (tertiary/aromatic N) is 1. The lowest BCUT2D eigenvalue weighted by atomic mass is 10.2. The van der Waals surface area contributed by atoms with Gasteiger partial charge in [-0.1, -0.05) is 13.0 Å². The van der Waals surface area contributed by atoms with Crippen molar-refractivity contribution in [2.75, 3.05) is 6.54 Å². The van der Waals surface area contributed by atoms with Crippen molar-refractivity contribution in [1.29, 1.82) is 0 Å². The molecule has 2 nitrogen and oxygen atoms in total. The van der Waals surface area contributed by atoms with Gasteiger partial charge in [-0.15, -0.1) is 0 Å². The Morgan fingerprint density at radius 1 is 1.22 bits per heavy atom. The highest BCUT2D eigenvalue weighted by Gasteiger charge is 2.04. The second-order valence-corrected chi connectivity index (χ2v) is 4.21. The molecule has 0 unspecified atom stereocenters. The summed E-state index contributed by atoms with van der Waals surface area (Å²) in [7, 11) is 0. The molecule has 4 heteroatoms. The average molecular weight is 250 g/mol. The van der Waals surface area contributed by atoms with Crippen LogP contribution in [0.15, 0.2) is 36.7 Å². The molecule has 1 aromatic carbocycles. The summed E-state index contributed by atoms with van der Waals surface area (Å²) in [6.45, 7) is 4.18. The predicted octanol–water partition coefficient (Wildman–Crippen LogP) is 2.92. The van der Waals surface area contributed by atoms with Gasteiger partial charge in [-0.05, 0) is 24.2 Å². The molecule has 1 N–H and O–H groups in total. The molecule has 2 rings (SSSR count). The van der Waals surface area contributed by atoms with E-state index in [1.54, 1.807) is 0 Å². The van der Waals surface area contributed by atoms with E-state index in [-0.39, 0.29) is 0 Å². The Kier molecular flexibility index (Phi) is 4.10. The average Bonchev–Trinajstić information content (AvgIpc) is 2.78. The molecule has 1 aromatic heterocycles. The second-order valence-electron chi connectivity index (χ2n) is 4.21. The van der Waals surface area contributed by atoms with Gasteiger partial charge in [0.25, 0.3) is 0 Å². The first kappa shape index (κ1) is 12.8. The SMILES string of the molecule is CCNCc1ccn(Cc2ccc(F)cc2F)c1. The Morgan fingerprint density at radius 2 is 2.06 bits per heavy atom. The maximum atomic E-state index is 13.5. The highest BCUT2D eigenvalue weighted by molar-refractivity contribution is 5.20.